The van der Waals surface area contributed by atoms with Crippen molar-refractivity contribution in [2.45, 2.75) is 19.9 Å². The standard InChI is InChI=1S/C10H15IN4O/c1-4-15(3)9(16)7(2)14-10-12-5-8(11)6-13-10/h5-7H,4H2,1-3H3,(H,12,13,14). The minimum Gasteiger partial charge on any atom is -0.344 e. The summed E-state index contributed by atoms with van der Waals surface area (Å²) in [4.78, 5) is 21.6. The summed E-state index contributed by atoms with van der Waals surface area (Å²) < 4.78 is 0.966. The molecule has 1 heterocycles. The molecule has 1 aromatic rings. The molecule has 1 amide bonds. The van der Waals surface area contributed by atoms with E-state index >= 15 is 0 Å². The van der Waals surface area contributed by atoms with Crippen LogP contribution in [0.2, 0.25) is 0 Å². The molecular weight excluding hydrogens is 319 g/mol. The molecule has 0 radical (unpaired) electrons. The van der Waals surface area contributed by atoms with Crippen LogP contribution >= 0.6 is 22.6 Å². The Morgan fingerprint density at radius 1 is 1.56 bits per heavy atom. The molecule has 0 aromatic carbocycles. The van der Waals surface area contributed by atoms with E-state index in [0.717, 1.165) is 3.57 Å². The Kier molecular flexibility index (Phi) is 4.91. The van der Waals surface area contributed by atoms with Gasteiger partial charge in [0.2, 0.25) is 11.9 Å². The number of likely N-dealkylation sites (N-methyl/N-ethyl adjacent to an activating group) is 1. The number of rotatable bonds is 4. The molecule has 0 aliphatic rings. The van der Waals surface area contributed by atoms with Crippen LogP contribution in [-0.2, 0) is 4.79 Å². The first-order valence-electron chi connectivity index (χ1n) is 5.03. The van der Waals surface area contributed by atoms with Crippen LogP contribution in [0.3, 0.4) is 0 Å². The van der Waals surface area contributed by atoms with Gasteiger partial charge in [0, 0.05) is 29.6 Å². The van der Waals surface area contributed by atoms with E-state index in [0.29, 0.717) is 12.5 Å². The Morgan fingerprint density at radius 3 is 2.62 bits per heavy atom. The van der Waals surface area contributed by atoms with Crippen LogP contribution < -0.4 is 5.32 Å². The molecular formula is C10H15IN4O. The number of nitrogens with one attached hydrogen (secondary N) is 1. The van der Waals surface area contributed by atoms with Gasteiger partial charge in [0.05, 0.1) is 0 Å². The second-order valence-electron chi connectivity index (χ2n) is 3.44. The van der Waals surface area contributed by atoms with E-state index in [9.17, 15) is 4.79 Å². The van der Waals surface area contributed by atoms with Crippen molar-refractivity contribution in [3.8, 4) is 0 Å². The fraction of sp³-hybridized carbons (Fsp3) is 0.500. The molecule has 16 heavy (non-hydrogen) atoms. The average molecular weight is 334 g/mol. The predicted molar refractivity (Wildman–Crippen MR) is 71.1 cm³/mol. The van der Waals surface area contributed by atoms with Gasteiger partial charge in [0.1, 0.15) is 6.04 Å². The first-order chi connectivity index (χ1) is 7.54. The van der Waals surface area contributed by atoms with Gasteiger partial charge in [-0.2, -0.15) is 0 Å². The molecule has 1 N–H and O–H groups in total. The minimum atomic E-state index is -0.315. The van der Waals surface area contributed by atoms with E-state index in [1.807, 2.05) is 6.92 Å². The van der Waals surface area contributed by atoms with E-state index in [4.69, 9.17) is 0 Å². The summed E-state index contributed by atoms with van der Waals surface area (Å²) in [5, 5.41) is 2.97. The van der Waals surface area contributed by atoms with Crippen molar-refractivity contribution in [3.63, 3.8) is 0 Å². The highest BCUT2D eigenvalue weighted by Gasteiger charge is 2.16. The van der Waals surface area contributed by atoms with E-state index in [1.165, 1.54) is 0 Å². The number of carbonyl (C=O) groups excluding carboxylic acids is 1. The number of nitrogens with zero attached hydrogens (tertiary/aromatic N) is 3. The monoisotopic (exact) mass is 334 g/mol. The summed E-state index contributed by atoms with van der Waals surface area (Å²) in [5.74, 6) is 0.510. The number of hydrogen-bond acceptors (Lipinski definition) is 4. The van der Waals surface area contributed by atoms with E-state index < -0.39 is 0 Å². The maximum atomic E-state index is 11.8. The zero-order valence-electron chi connectivity index (χ0n) is 9.57. The number of aromatic nitrogens is 2. The quantitative estimate of drug-likeness (QED) is 0.845. The summed E-state index contributed by atoms with van der Waals surface area (Å²) in [6.45, 7) is 4.43. The molecule has 0 spiro atoms. The molecule has 5 nitrogen and oxygen atoms in total. The molecule has 0 aliphatic heterocycles. The predicted octanol–water partition coefficient (Wildman–Crippen LogP) is 1.36. The zero-order valence-corrected chi connectivity index (χ0v) is 11.7. The van der Waals surface area contributed by atoms with Crippen LogP contribution in [0, 0.1) is 3.57 Å². The first kappa shape index (κ1) is 13.1. The lowest BCUT2D eigenvalue weighted by molar-refractivity contribution is -0.130. The number of anilines is 1. The topological polar surface area (TPSA) is 58.1 Å². The SMILES string of the molecule is CCN(C)C(=O)C(C)Nc1ncc(I)cn1. The summed E-state index contributed by atoms with van der Waals surface area (Å²) >= 11 is 2.13. The van der Waals surface area contributed by atoms with E-state index in [-0.39, 0.29) is 11.9 Å². The number of carbonyl (C=O) groups is 1. The lowest BCUT2D eigenvalue weighted by Gasteiger charge is -2.20. The number of hydrogen-bond donors (Lipinski definition) is 1. The molecule has 1 atom stereocenters. The van der Waals surface area contributed by atoms with Gasteiger partial charge in [0.25, 0.3) is 0 Å². The Hall–Kier alpha value is -0.920. The Bertz CT molecular complexity index is 354. The average Bonchev–Trinajstić information content (AvgIpc) is 2.30. The van der Waals surface area contributed by atoms with Crippen molar-refractivity contribution < 1.29 is 4.79 Å². The molecule has 0 saturated carbocycles. The maximum Gasteiger partial charge on any atom is 0.244 e. The smallest absolute Gasteiger partial charge is 0.244 e. The van der Waals surface area contributed by atoms with Crippen LogP contribution in [-0.4, -0.2) is 40.4 Å². The molecule has 6 heteroatoms. The van der Waals surface area contributed by atoms with Gasteiger partial charge in [0.15, 0.2) is 0 Å². The third-order valence-corrected chi connectivity index (χ3v) is 2.74. The van der Waals surface area contributed by atoms with Crippen LogP contribution in [0.5, 0.6) is 0 Å². The fourth-order valence-electron chi connectivity index (χ4n) is 1.13. The van der Waals surface area contributed by atoms with Gasteiger partial charge >= 0.3 is 0 Å². The first-order valence-corrected chi connectivity index (χ1v) is 6.11. The van der Waals surface area contributed by atoms with Crippen molar-refractivity contribution in [1.82, 2.24) is 14.9 Å². The number of halogens is 1. The summed E-state index contributed by atoms with van der Waals surface area (Å²) in [6.07, 6.45) is 3.41. The summed E-state index contributed by atoms with van der Waals surface area (Å²) in [6, 6.07) is -0.315. The minimum absolute atomic E-state index is 0.0321. The normalized spacial score (nSPS) is 12.0. The van der Waals surface area contributed by atoms with Gasteiger partial charge in [-0.15, -0.1) is 0 Å². The Balaban J connectivity index is 2.60. The van der Waals surface area contributed by atoms with Gasteiger partial charge in [-0.3, -0.25) is 4.79 Å². The highest BCUT2D eigenvalue weighted by atomic mass is 127. The van der Waals surface area contributed by atoms with Crippen molar-refractivity contribution >= 4 is 34.4 Å². The van der Waals surface area contributed by atoms with Crippen LogP contribution in [0.15, 0.2) is 12.4 Å². The highest BCUT2D eigenvalue weighted by Crippen LogP contribution is 2.05. The Morgan fingerprint density at radius 2 is 2.12 bits per heavy atom. The second kappa shape index (κ2) is 5.97. The van der Waals surface area contributed by atoms with Crippen LogP contribution in [0.4, 0.5) is 5.95 Å². The third kappa shape index (κ3) is 3.58. The third-order valence-electron chi connectivity index (χ3n) is 2.19. The highest BCUT2D eigenvalue weighted by molar-refractivity contribution is 14.1. The van der Waals surface area contributed by atoms with E-state index in [1.54, 1.807) is 31.3 Å². The lowest BCUT2D eigenvalue weighted by Crippen LogP contribution is -2.39. The van der Waals surface area contributed by atoms with Crippen LogP contribution in [0.1, 0.15) is 13.8 Å². The van der Waals surface area contributed by atoms with Crippen molar-refractivity contribution in [2.75, 3.05) is 18.9 Å². The maximum absolute atomic E-state index is 11.8. The summed E-state index contributed by atoms with van der Waals surface area (Å²) in [5.41, 5.74) is 0. The molecule has 0 aliphatic carbocycles. The van der Waals surface area contributed by atoms with Gasteiger partial charge in [-0.25, -0.2) is 9.97 Å². The van der Waals surface area contributed by atoms with Crippen molar-refractivity contribution in [2.24, 2.45) is 0 Å². The molecule has 1 unspecified atom stereocenters. The van der Waals surface area contributed by atoms with E-state index in [2.05, 4.69) is 37.9 Å². The summed E-state index contributed by atoms with van der Waals surface area (Å²) in [7, 11) is 1.77. The van der Waals surface area contributed by atoms with Gasteiger partial charge < -0.3 is 10.2 Å². The molecule has 0 fully saturated rings. The Labute approximate surface area is 109 Å². The van der Waals surface area contributed by atoms with Crippen LogP contribution in [0.25, 0.3) is 0 Å². The van der Waals surface area contributed by atoms with Crippen molar-refractivity contribution in [1.29, 1.82) is 0 Å². The largest absolute Gasteiger partial charge is 0.344 e. The molecule has 1 rings (SSSR count). The second-order valence-corrected chi connectivity index (χ2v) is 4.69. The number of amides is 1. The van der Waals surface area contributed by atoms with Gasteiger partial charge in [-0.05, 0) is 36.4 Å². The molecule has 0 bridgehead atoms. The zero-order chi connectivity index (χ0) is 12.1. The lowest BCUT2D eigenvalue weighted by atomic mass is 10.3. The molecule has 1 aromatic heterocycles. The fourth-order valence-corrected chi connectivity index (χ4v) is 1.41. The van der Waals surface area contributed by atoms with Crippen molar-refractivity contribution in [3.05, 3.63) is 16.0 Å². The van der Waals surface area contributed by atoms with Gasteiger partial charge in [-0.1, -0.05) is 0 Å². The molecule has 88 valence electrons. The molecule has 0 saturated heterocycles.